The maximum Gasteiger partial charge on any atom is 0.411 e. The Hall–Kier alpha value is -2.20. The van der Waals surface area contributed by atoms with Crippen molar-refractivity contribution in [2.24, 2.45) is 0 Å². The first-order valence-corrected chi connectivity index (χ1v) is 6.80. The lowest BCUT2D eigenvalue weighted by Crippen LogP contribution is -2.14. The lowest BCUT2D eigenvalue weighted by molar-refractivity contribution is 0.155. The van der Waals surface area contributed by atoms with Gasteiger partial charge in [-0.1, -0.05) is 29.8 Å². The predicted octanol–water partition coefficient (Wildman–Crippen LogP) is 4.41. The summed E-state index contributed by atoms with van der Waals surface area (Å²) in [7, 11) is 1.60. The molecule has 0 fully saturated rings. The molecule has 0 saturated carbocycles. The van der Waals surface area contributed by atoms with E-state index in [0.717, 1.165) is 16.9 Å². The fourth-order valence-corrected chi connectivity index (χ4v) is 1.93. The van der Waals surface area contributed by atoms with E-state index in [4.69, 9.17) is 21.1 Å². The van der Waals surface area contributed by atoms with E-state index in [1.807, 2.05) is 31.2 Å². The summed E-state index contributed by atoms with van der Waals surface area (Å²) < 4.78 is 10.2. The fourth-order valence-electron chi connectivity index (χ4n) is 1.76. The van der Waals surface area contributed by atoms with Crippen LogP contribution in [0.15, 0.2) is 42.5 Å². The number of ether oxygens (including phenoxy) is 2. The summed E-state index contributed by atoms with van der Waals surface area (Å²) in [4.78, 5) is 11.8. The molecule has 0 saturated heterocycles. The molecular formula is C16H16ClNO3. The average molecular weight is 306 g/mol. The van der Waals surface area contributed by atoms with E-state index in [1.165, 1.54) is 0 Å². The molecule has 1 N–H and O–H groups in total. The first-order valence-electron chi connectivity index (χ1n) is 6.42. The smallest absolute Gasteiger partial charge is 0.411 e. The Bertz CT molecular complexity index is 626. The molecule has 0 aliphatic heterocycles. The minimum Gasteiger partial charge on any atom is -0.497 e. The van der Waals surface area contributed by atoms with Crippen LogP contribution in [-0.2, 0) is 11.3 Å². The van der Waals surface area contributed by atoms with Gasteiger partial charge in [0.15, 0.2) is 0 Å². The average Bonchev–Trinajstić information content (AvgIpc) is 2.50. The molecule has 21 heavy (non-hydrogen) atoms. The quantitative estimate of drug-likeness (QED) is 0.910. The van der Waals surface area contributed by atoms with Crippen LogP contribution in [0.4, 0.5) is 10.5 Å². The van der Waals surface area contributed by atoms with Crippen molar-refractivity contribution in [2.75, 3.05) is 12.4 Å². The standard InChI is InChI=1S/C16H16ClNO3/c1-11-14(17)4-3-5-15(11)18-16(19)21-10-12-6-8-13(20-2)9-7-12/h3-9H,10H2,1-2H3,(H,18,19). The zero-order valence-electron chi connectivity index (χ0n) is 11.9. The Balaban J connectivity index is 1.91. The molecule has 0 heterocycles. The Kier molecular flexibility index (Phi) is 5.06. The van der Waals surface area contributed by atoms with E-state index in [-0.39, 0.29) is 6.61 Å². The highest BCUT2D eigenvalue weighted by Crippen LogP contribution is 2.23. The van der Waals surface area contributed by atoms with Crippen molar-refractivity contribution in [3.8, 4) is 5.75 Å². The lowest BCUT2D eigenvalue weighted by atomic mass is 10.2. The second-order valence-electron chi connectivity index (χ2n) is 4.46. The van der Waals surface area contributed by atoms with Crippen LogP contribution < -0.4 is 10.1 Å². The van der Waals surface area contributed by atoms with Crippen LogP contribution >= 0.6 is 11.6 Å². The maximum absolute atomic E-state index is 11.8. The number of carbonyl (C=O) groups excluding carboxylic acids is 1. The number of carbonyl (C=O) groups is 1. The largest absolute Gasteiger partial charge is 0.497 e. The van der Waals surface area contributed by atoms with Gasteiger partial charge >= 0.3 is 6.09 Å². The van der Waals surface area contributed by atoms with Crippen molar-refractivity contribution >= 4 is 23.4 Å². The number of nitrogens with one attached hydrogen (secondary N) is 1. The topological polar surface area (TPSA) is 47.6 Å². The van der Waals surface area contributed by atoms with Gasteiger partial charge in [-0.15, -0.1) is 0 Å². The molecule has 0 spiro atoms. The molecule has 0 aromatic heterocycles. The molecule has 2 aromatic rings. The minimum absolute atomic E-state index is 0.190. The molecule has 2 rings (SSSR count). The molecule has 0 aliphatic carbocycles. The summed E-state index contributed by atoms with van der Waals surface area (Å²) in [5, 5.41) is 3.27. The van der Waals surface area contributed by atoms with Gasteiger partial charge in [0.05, 0.1) is 7.11 Å². The fraction of sp³-hybridized carbons (Fsp3) is 0.188. The summed E-state index contributed by atoms with van der Waals surface area (Å²) in [6.45, 7) is 2.02. The van der Waals surface area contributed by atoms with Crippen molar-refractivity contribution in [1.29, 1.82) is 0 Å². The van der Waals surface area contributed by atoms with Crippen LogP contribution in [-0.4, -0.2) is 13.2 Å². The Morgan fingerprint density at radius 2 is 1.90 bits per heavy atom. The minimum atomic E-state index is -0.517. The molecule has 0 atom stereocenters. The van der Waals surface area contributed by atoms with Crippen molar-refractivity contribution < 1.29 is 14.3 Å². The zero-order chi connectivity index (χ0) is 15.2. The Morgan fingerprint density at radius 3 is 2.57 bits per heavy atom. The lowest BCUT2D eigenvalue weighted by Gasteiger charge is -2.10. The van der Waals surface area contributed by atoms with Gasteiger partial charge in [-0.2, -0.15) is 0 Å². The normalized spacial score (nSPS) is 10.0. The number of hydrogen-bond donors (Lipinski definition) is 1. The number of benzene rings is 2. The highest BCUT2D eigenvalue weighted by atomic mass is 35.5. The summed E-state index contributed by atoms with van der Waals surface area (Å²) in [6.07, 6.45) is -0.517. The number of methoxy groups -OCH3 is 1. The van der Waals surface area contributed by atoms with Gasteiger partial charge in [-0.3, -0.25) is 5.32 Å². The van der Waals surface area contributed by atoms with E-state index in [1.54, 1.807) is 25.3 Å². The number of halogens is 1. The van der Waals surface area contributed by atoms with Crippen molar-refractivity contribution in [2.45, 2.75) is 13.5 Å². The molecule has 1 amide bonds. The van der Waals surface area contributed by atoms with Gasteiger partial charge in [-0.05, 0) is 42.3 Å². The van der Waals surface area contributed by atoms with Crippen molar-refractivity contribution in [3.63, 3.8) is 0 Å². The summed E-state index contributed by atoms with van der Waals surface area (Å²) in [5.41, 5.74) is 2.33. The van der Waals surface area contributed by atoms with Gasteiger partial charge < -0.3 is 9.47 Å². The van der Waals surface area contributed by atoms with Crippen LogP contribution in [0.2, 0.25) is 5.02 Å². The van der Waals surface area contributed by atoms with Gasteiger partial charge in [0.1, 0.15) is 12.4 Å². The number of hydrogen-bond acceptors (Lipinski definition) is 3. The Morgan fingerprint density at radius 1 is 1.19 bits per heavy atom. The summed E-state index contributed by atoms with van der Waals surface area (Å²) in [5.74, 6) is 0.762. The van der Waals surface area contributed by atoms with Crippen LogP contribution in [0, 0.1) is 6.92 Å². The molecule has 4 nitrogen and oxygen atoms in total. The summed E-state index contributed by atoms with van der Waals surface area (Å²) >= 11 is 5.99. The van der Waals surface area contributed by atoms with Crippen LogP contribution in [0.25, 0.3) is 0 Å². The second kappa shape index (κ2) is 6.99. The molecule has 0 radical (unpaired) electrons. The molecule has 0 bridgehead atoms. The van der Waals surface area contributed by atoms with Crippen molar-refractivity contribution in [1.82, 2.24) is 0 Å². The van der Waals surface area contributed by atoms with Gasteiger partial charge in [0, 0.05) is 10.7 Å². The molecule has 2 aromatic carbocycles. The third kappa shape index (κ3) is 4.13. The van der Waals surface area contributed by atoms with Crippen LogP contribution in [0.1, 0.15) is 11.1 Å². The van der Waals surface area contributed by atoms with Gasteiger partial charge in [0.2, 0.25) is 0 Å². The van der Waals surface area contributed by atoms with E-state index >= 15 is 0 Å². The SMILES string of the molecule is COc1ccc(COC(=O)Nc2cccc(Cl)c2C)cc1. The predicted molar refractivity (Wildman–Crippen MR) is 83.0 cm³/mol. The van der Waals surface area contributed by atoms with Crippen LogP contribution in [0.5, 0.6) is 5.75 Å². The van der Waals surface area contributed by atoms with Crippen LogP contribution in [0.3, 0.4) is 0 Å². The van der Waals surface area contributed by atoms with Gasteiger partial charge in [0.25, 0.3) is 0 Å². The van der Waals surface area contributed by atoms with Crippen molar-refractivity contribution in [3.05, 3.63) is 58.6 Å². The maximum atomic E-state index is 11.8. The third-order valence-corrected chi connectivity index (χ3v) is 3.44. The highest BCUT2D eigenvalue weighted by molar-refractivity contribution is 6.31. The van der Waals surface area contributed by atoms with E-state index in [9.17, 15) is 4.79 Å². The number of rotatable bonds is 4. The first kappa shape index (κ1) is 15.2. The van der Waals surface area contributed by atoms with E-state index in [2.05, 4.69) is 5.32 Å². The van der Waals surface area contributed by atoms with E-state index < -0.39 is 6.09 Å². The molecule has 5 heteroatoms. The number of anilines is 1. The molecular weight excluding hydrogens is 290 g/mol. The van der Waals surface area contributed by atoms with Gasteiger partial charge in [-0.25, -0.2) is 4.79 Å². The molecule has 110 valence electrons. The Labute approximate surface area is 128 Å². The monoisotopic (exact) mass is 305 g/mol. The zero-order valence-corrected chi connectivity index (χ0v) is 12.6. The molecule has 0 aliphatic rings. The molecule has 0 unspecified atom stereocenters. The van der Waals surface area contributed by atoms with E-state index in [0.29, 0.717) is 10.7 Å². The summed E-state index contributed by atoms with van der Waals surface area (Å²) in [6, 6.07) is 12.6. The highest BCUT2D eigenvalue weighted by Gasteiger charge is 2.07. The number of amides is 1. The third-order valence-electron chi connectivity index (χ3n) is 3.03. The second-order valence-corrected chi connectivity index (χ2v) is 4.87. The first-order chi connectivity index (χ1) is 10.1.